The van der Waals surface area contributed by atoms with E-state index in [1.807, 2.05) is 0 Å². The topological polar surface area (TPSA) is 113 Å². The number of benzene rings is 1. The van der Waals surface area contributed by atoms with E-state index < -0.39 is 4.92 Å². The zero-order valence-electron chi connectivity index (χ0n) is 13.0. The van der Waals surface area contributed by atoms with Gasteiger partial charge in [-0.3, -0.25) is 19.5 Å². The number of hydrogen-bond donors (Lipinski definition) is 0. The van der Waals surface area contributed by atoms with Crippen LogP contribution in [0.3, 0.4) is 0 Å². The van der Waals surface area contributed by atoms with Crippen LogP contribution in [0.15, 0.2) is 46.5 Å². The van der Waals surface area contributed by atoms with Crippen molar-refractivity contribution in [3.63, 3.8) is 0 Å². The minimum Gasteiger partial charge on any atom is -0.396 e. The summed E-state index contributed by atoms with van der Waals surface area (Å²) in [5.41, 5.74) is 1.02. The smallest absolute Gasteiger partial charge is 0.270 e. The average Bonchev–Trinajstić information content (AvgIpc) is 2.93. The second-order valence-corrected chi connectivity index (χ2v) is 5.27. The van der Waals surface area contributed by atoms with Gasteiger partial charge in [-0.1, -0.05) is 5.16 Å². The van der Waals surface area contributed by atoms with E-state index in [0.29, 0.717) is 23.2 Å². The van der Waals surface area contributed by atoms with Gasteiger partial charge in [0.2, 0.25) is 0 Å². The lowest BCUT2D eigenvalue weighted by molar-refractivity contribution is -0.384. The summed E-state index contributed by atoms with van der Waals surface area (Å²) in [5.74, 6) is 0.250. The number of fused-ring (bicyclic) bond motifs is 4. The van der Waals surface area contributed by atoms with Crippen LogP contribution >= 0.6 is 0 Å². The number of non-ortho nitro benzene ring substituents is 1. The predicted octanol–water partition coefficient (Wildman–Crippen LogP) is 1.79. The molecule has 9 nitrogen and oxygen atoms in total. The van der Waals surface area contributed by atoms with Crippen LogP contribution in [0.5, 0.6) is 0 Å². The molecule has 1 aliphatic rings. The number of nitro benzene ring substituents is 1. The maximum atomic E-state index is 12.9. The Kier molecular flexibility index (Phi) is 3.27. The second kappa shape index (κ2) is 5.48. The molecule has 2 aromatic heterocycles. The lowest BCUT2D eigenvalue weighted by atomic mass is 10.1. The van der Waals surface area contributed by atoms with Gasteiger partial charge in [-0.2, -0.15) is 0 Å². The van der Waals surface area contributed by atoms with E-state index in [9.17, 15) is 14.9 Å². The van der Waals surface area contributed by atoms with Gasteiger partial charge in [-0.05, 0) is 25.1 Å². The molecule has 9 heteroatoms. The Labute approximate surface area is 140 Å². The molecule has 124 valence electrons. The quantitative estimate of drug-likeness (QED) is 0.416. The molecule has 0 bridgehead atoms. The monoisotopic (exact) mass is 337 g/mol. The molecule has 0 amide bonds. The van der Waals surface area contributed by atoms with Crippen LogP contribution in [0.2, 0.25) is 0 Å². The number of nitro groups is 1. The third-order valence-corrected chi connectivity index (χ3v) is 3.83. The summed E-state index contributed by atoms with van der Waals surface area (Å²) in [6.45, 7) is 2.07. The Bertz CT molecular complexity index is 1120. The fourth-order valence-electron chi connectivity index (χ4n) is 2.76. The van der Waals surface area contributed by atoms with Crippen molar-refractivity contribution in [2.45, 2.75) is 6.92 Å². The minimum absolute atomic E-state index is 0.105. The van der Waals surface area contributed by atoms with Crippen molar-refractivity contribution in [3.8, 4) is 5.69 Å². The molecule has 25 heavy (non-hydrogen) atoms. The van der Waals surface area contributed by atoms with Crippen LogP contribution in [0, 0.1) is 10.1 Å². The Morgan fingerprint density at radius 3 is 2.96 bits per heavy atom. The third kappa shape index (κ3) is 2.17. The van der Waals surface area contributed by atoms with E-state index in [2.05, 4.69) is 15.1 Å². The Hall–Kier alpha value is -3.62. The fraction of sp³-hybridized carbons (Fsp3) is 0.125. The van der Waals surface area contributed by atoms with Gasteiger partial charge in [0.1, 0.15) is 6.61 Å². The summed E-state index contributed by atoms with van der Waals surface area (Å²) in [6, 6.07) is 7.50. The molecule has 3 heterocycles. The summed E-state index contributed by atoms with van der Waals surface area (Å²) < 4.78 is 1.38. The first-order chi connectivity index (χ1) is 12.1. The molecule has 0 unspecified atom stereocenters. The number of pyridine rings is 1. The zero-order chi connectivity index (χ0) is 17.6. The van der Waals surface area contributed by atoms with E-state index in [-0.39, 0.29) is 28.4 Å². The first-order valence-corrected chi connectivity index (χ1v) is 7.49. The van der Waals surface area contributed by atoms with Gasteiger partial charge in [-0.25, -0.2) is 9.97 Å². The van der Waals surface area contributed by atoms with E-state index in [1.54, 1.807) is 19.1 Å². The number of aromatic nitrogens is 3. The molecule has 1 aliphatic heterocycles. The second-order valence-electron chi connectivity index (χ2n) is 5.27. The van der Waals surface area contributed by atoms with Crippen molar-refractivity contribution in [1.29, 1.82) is 0 Å². The summed E-state index contributed by atoms with van der Waals surface area (Å²) in [4.78, 5) is 37.1. The van der Waals surface area contributed by atoms with Gasteiger partial charge in [-0.15, -0.1) is 0 Å². The standard InChI is InChI=1S/C16H11N5O4/c1-2-25-19-13-11-8-9(21(23)24)5-6-12(11)20-15(13)18-14-10(16(20)22)4-3-7-17-14/h3-8H,2H2,1H3/b19-13-. The largest absolute Gasteiger partial charge is 0.396 e. The summed E-state index contributed by atoms with van der Waals surface area (Å²) in [7, 11) is 0. The normalized spacial score (nSPS) is 13.7. The molecule has 0 aliphatic carbocycles. The lowest BCUT2D eigenvalue weighted by Crippen LogP contribution is -2.22. The number of hydrogen-bond acceptors (Lipinski definition) is 7. The van der Waals surface area contributed by atoms with E-state index >= 15 is 0 Å². The summed E-state index contributed by atoms with van der Waals surface area (Å²) in [5, 5.41) is 15.5. The van der Waals surface area contributed by atoms with Gasteiger partial charge in [0.25, 0.3) is 11.2 Å². The van der Waals surface area contributed by atoms with Gasteiger partial charge in [0.05, 0.1) is 16.0 Å². The highest BCUT2D eigenvalue weighted by molar-refractivity contribution is 6.16. The van der Waals surface area contributed by atoms with Crippen LogP contribution in [0.25, 0.3) is 16.7 Å². The Balaban J connectivity index is 2.09. The van der Waals surface area contributed by atoms with Crippen LogP contribution in [0.1, 0.15) is 18.3 Å². The number of rotatable bonds is 3. The van der Waals surface area contributed by atoms with Crippen molar-refractivity contribution in [2.75, 3.05) is 6.61 Å². The van der Waals surface area contributed by atoms with Crippen molar-refractivity contribution >= 4 is 22.4 Å². The molecular weight excluding hydrogens is 326 g/mol. The average molecular weight is 337 g/mol. The van der Waals surface area contributed by atoms with Gasteiger partial charge in [0, 0.05) is 23.9 Å². The molecule has 3 aromatic rings. The molecule has 4 rings (SSSR count). The highest BCUT2D eigenvalue weighted by Gasteiger charge is 2.31. The molecule has 1 aromatic carbocycles. The van der Waals surface area contributed by atoms with Crippen LogP contribution in [-0.4, -0.2) is 31.8 Å². The first kappa shape index (κ1) is 14.9. The maximum absolute atomic E-state index is 12.9. The molecule has 0 spiro atoms. The summed E-state index contributed by atoms with van der Waals surface area (Å²) >= 11 is 0. The first-order valence-electron chi connectivity index (χ1n) is 7.49. The maximum Gasteiger partial charge on any atom is 0.270 e. The number of nitrogens with zero attached hydrogens (tertiary/aromatic N) is 5. The SMILES string of the molecule is CCO/N=C1/c2cc([N+](=O)[O-])ccc2-n2c1nc1ncccc1c2=O. The predicted molar refractivity (Wildman–Crippen MR) is 89.1 cm³/mol. The van der Waals surface area contributed by atoms with E-state index in [4.69, 9.17) is 4.84 Å². The Morgan fingerprint density at radius 1 is 1.36 bits per heavy atom. The molecular formula is C16H11N5O4. The van der Waals surface area contributed by atoms with Gasteiger partial charge < -0.3 is 4.84 Å². The van der Waals surface area contributed by atoms with Gasteiger partial charge in [0.15, 0.2) is 17.2 Å². The lowest BCUT2D eigenvalue weighted by Gasteiger charge is -2.05. The van der Waals surface area contributed by atoms with E-state index in [0.717, 1.165) is 0 Å². The van der Waals surface area contributed by atoms with Crippen molar-refractivity contribution in [3.05, 3.63) is 68.4 Å². The Morgan fingerprint density at radius 2 is 2.20 bits per heavy atom. The molecule has 0 saturated heterocycles. The third-order valence-electron chi connectivity index (χ3n) is 3.83. The highest BCUT2D eigenvalue weighted by Crippen LogP contribution is 2.30. The zero-order valence-corrected chi connectivity index (χ0v) is 13.0. The number of oxime groups is 1. The highest BCUT2D eigenvalue weighted by atomic mass is 16.6. The molecule has 0 fully saturated rings. The fourth-order valence-corrected chi connectivity index (χ4v) is 2.76. The van der Waals surface area contributed by atoms with Crippen molar-refractivity contribution < 1.29 is 9.76 Å². The molecule has 0 atom stereocenters. The van der Waals surface area contributed by atoms with Crippen molar-refractivity contribution in [2.24, 2.45) is 5.16 Å². The van der Waals surface area contributed by atoms with E-state index in [1.165, 1.54) is 29.0 Å². The molecule has 0 radical (unpaired) electrons. The summed E-state index contributed by atoms with van der Waals surface area (Å²) in [6.07, 6.45) is 1.54. The molecule has 0 saturated carbocycles. The molecule has 0 N–H and O–H groups in total. The van der Waals surface area contributed by atoms with Crippen molar-refractivity contribution in [1.82, 2.24) is 14.5 Å². The minimum atomic E-state index is -0.504. The van der Waals surface area contributed by atoms with Crippen LogP contribution in [-0.2, 0) is 4.84 Å². The van der Waals surface area contributed by atoms with Gasteiger partial charge >= 0.3 is 0 Å². The van der Waals surface area contributed by atoms with Crippen LogP contribution < -0.4 is 5.56 Å². The van der Waals surface area contributed by atoms with Crippen LogP contribution in [0.4, 0.5) is 5.69 Å².